The van der Waals surface area contributed by atoms with E-state index in [0.717, 1.165) is 19.5 Å². The average Bonchev–Trinajstić information content (AvgIpc) is 2.33. The lowest BCUT2D eigenvalue weighted by Crippen LogP contribution is -2.46. The first-order chi connectivity index (χ1) is 8.13. The molecule has 0 spiro atoms. The second-order valence-corrected chi connectivity index (χ2v) is 4.69. The molecule has 1 fully saturated rings. The van der Waals surface area contributed by atoms with Crippen LogP contribution in [0.4, 0.5) is 10.2 Å². The average molecular weight is 238 g/mol. The maximum Gasteiger partial charge on any atom is 0.187 e. The first-order valence-corrected chi connectivity index (χ1v) is 6.13. The summed E-state index contributed by atoms with van der Waals surface area (Å²) in [7, 11) is 0. The van der Waals surface area contributed by atoms with Crippen LogP contribution in [0.2, 0.25) is 0 Å². The number of nitrogens with two attached hydrogens (primary N) is 1. The van der Waals surface area contributed by atoms with E-state index in [4.69, 9.17) is 5.73 Å². The molecule has 4 nitrogen and oxygen atoms in total. The topological polar surface area (TPSA) is 55.0 Å². The zero-order valence-corrected chi connectivity index (χ0v) is 10.4. The van der Waals surface area contributed by atoms with Crippen LogP contribution in [0.1, 0.15) is 26.0 Å². The van der Waals surface area contributed by atoms with Crippen molar-refractivity contribution in [1.82, 2.24) is 9.97 Å². The van der Waals surface area contributed by atoms with Gasteiger partial charge in [-0.25, -0.2) is 14.4 Å². The summed E-state index contributed by atoms with van der Waals surface area (Å²) in [6.07, 6.45) is 2.91. The van der Waals surface area contributed by atoms with E-state index in [0.29, 0.717) is 23.9 Å². The van der Waals surface area contributed by atoms with Crippen molar-refractivity contribution >= 4 is 5.82 Å². The second kappa shape index (κ2) is 4.96. The molecule has 2 heterocycles. The van der Waals surface area contributed by atoms with Crippen molar-refractivity contribution in [1.29, 1.82) is 0 Å². The number of hydrogen-bond donors (Lipinski definition) is 1. The smallest absolute Gasteiger partial charge is 0.187 e. The number of rotatable bonds is 2. The Morgan fingerprint density at radius 2 is 2.29 bits per heavy atom. The molecule has 1 aromatic rings. The summed E-state index contributed by atoms with van der Waals surface area (Å²) in [5, 5.41) is 0. The molecule has 0 radical (unpaired) electrons. The van der Waals surface area contributed by atoms with Gasteiger partial charge >= 0.3 is 0 Å². The number of aryl methyl sites for hydroxylation is 1. The molecule has 1 aliphatic heterocycles. The molecule has 0 saturated carbocycles. The fourth-order valence-corrected chi connectivity index (χ4v) is 2.22. The van der Waals surface area contributed by atoms with Gasteiger partial charge in [0.25, 0.3) is 0 Å². The summed E-state index contributed by atoms with van der Waals surface area (Å²) in [5.74, 6) is 0.511. The molecule has 94 valence electrons. The van der Waals surface area contributed by atoms with E-state index < -0.39 is 0 Å². The lowest BCUT2D eigenvalue weighted by atomic mass is 9.95. The maximum atomic E-state index is 14.1. The van der Waals surface area contributed by atoms with Gasteiger partial charge < -0.3 is 10.6 Å². The number of anilines is 1. The second-order valence-electron chi connectivity index (χ2n) is 4.69. The van der Waals surface area contributed by atoms with Crippen molar-refractivity contribution in [3.8, 4) is 0 Å². The molecule has 5 heteroatoms. The highest BCUT2D eigenvalue weighted by molar-refractivity contribution is 5.41. The number of hydrogen-bond acceptors (Lipinski definition) is 4. The normalized spacial score (nSPS) is 25.1. The van der Waals surface area contributed by atoms with E-state index in [1.165, 1.54) is 6.33 Å². The van der Waals surface area contributed by atoms with E-state index in [1.54, 1.807) is 0 Å². The highest BCUT2D eigenvalue weighted by atomic mass is 19.1. The number of nitrogens with zero attached hydrogens (tertiary/aromatic N) is 3. The largest absolute Gasteiger partial charge is 0.354 e. The van der Waals surface area contributed by atoms with Crippen molar-refractivity contribution < 1.29 is 4.39 Å². The minimum absolute atomic E-state index is 0.210. The predicted octanol–water partition coefficient (Wildman–Crippen LogP) is 1.35. The van der Waals surface area contributed by atoms with E-state index in [2.05, 4.69) is 16.9 Å². The Bertz CT molecular complexity index is 396. The van der Waals surface area contributed by atoms with Crippen LogP contribution >= 0.6 is 0 Å². The third kappa shape index (κ3) is 2.39. The fourth-order valence-electron chi connectivity index (χ4n) is 2.22. The Morgan fingerprint density at radius 1 is 1.53 bits per heavy atom. The molecule has 0 amide bonds. The van der Waals surface area contributed by atoms with E-state index in [-0.39, 0.29) is 11.9 Å². The lowest BCUT2D eigenvalue weighted by Gasteiger charge is -2.35. The van der Waals surface area contributed by atoms with Crippen LogP contribution in [0.5, 0.6) is 0 Å². The summed E-state index contributed by atoms with van der Waals surface area (Å²) in [6, 6.07) is 0.210. The van der Waals surface area contributed by atoms with Crippen LogP contribution in [-0.2, 0) is 6.42 Å². The lowest BCUT2D eigenvalue weighted by molar-refractivity contribution is 0.378. The number of halogens is 1. The van der Waals surface area contributed by atoms with E-state index >= 15 is 0 Å². The van der Waals surface area contributed by atoms with Gasteiger partial charge in [0.2, 0.25) is 0 Å². The molecule has 17 heavy (non-hydrogen) atoms. The molecule has 1 saturated heterocycles. The summed E-state index contributed by atoms with van der Waals surface area (Å²) in [4.78, 5) is 9.99. The van der Waals surface area contributed by atoms with Crippen molar-refractivity contribution in [2.45, 2.75) is 32.7 Å². The molecule has 0 aliphatic carbocycles. The van der Waals surface area contributed by atoms with Crippen LogP contribution in [0.15, 0.2) is 6.33 Å². The van der Waals surface area contributed by atoms with Crippen molar-refractivity contribution in [3.63, 3.8) is 0 Å². The Balaban J connectivity index is 2.23. The predicted molar refractivity (Wildman–Crippen MR) is 65.3 cm³/mol. The van der Waals surface area contributed by atoms with Crippen LogP contribution in [0.25, 0.3) is 0 Å². The van der Waals surface area contributed by atoms with Crippen LogP contribution in [0.3, 0.4) is 0 Å². The quantitative estimate of drug-likeness (QED) is 0.845. The Labute approximate surface area is 101 Å². The Kier molecular flexibility index (Phi) is 3.57. The minimum atomic E-state index is -0.280. The summed E-state index contributed by atoms with van der Waals surface area (Å²) in [6.45, 7) is 5.52. The third-order valence-electron chi connectivity index (χ3n) is 3.45. The first kappa shape index (κ1) is 12.2. The van der Waals surface area contributed by atoms with Gasteiger partial charge in [-0.1, -0.05) is 13.8 Å². The monoisotopic (exact) mass is 238 g/mol. The van der Waals surface area contributed by atoms with Gasteiger partial charge in [0.05, 0.1) is 5.69 Å². The highest BCUT2D eigenvalue weighted by Crippen LogP contribution is 2.24. The summed E-state index contributed by atoms with van der Waals surface area (Å²) >= 11 is 0. The van der Waals surface area contributed by atoms with Crippen LogP contribution in [-0.4, -0.2) is 29.1 Å². The van der Waals surface area contributed by atoms with Gasteiger partial charge in [-0.3, -0.25) is 0 Å². The molecular weight excluding hydrogens is 219 g/mol. The molecule has 1 aliphatic rings. The molecule has 2 rings (SSSR count). The number of piperidine rings is 1. The van der Waals surface area contributed by atoms with E-state index in [9.17, 15) is 4.39 Å². The van der Waals surface area contributed by atoms with Gasteiger partial charge in [0.15, 0.2) is 11.6 Å². The SMILES string of the molecule is CCc1ncnc(N2CCC(N)C(C)C2)c1F. The molecular formula is C12H19FN4. The summed E-state index contributed by atoms with van der Waals surface area (Å²) < 4.78 is 14.1. The van der Waals surface area contributed by atoms with Crippen molar-refractivity contribution in [2.75, 3.05) is 18.0 Å². The zero-order valence-electron chi connectivity index (χ0n) is 10.4. The molecule has 1 aromatic heterocycles. The fraction of sp³-hybridized carbons (Fsp3) is 0.667. The minimum Gasteiger partial charge on any atom is -0.354 e. The van der Waals surface area contributed by atoms with Gasteiger partial charge in [-0.15, -0.1) is 0 Å². The van der Waals surface area contributed by atoms with Crippen LogP contribution in [0, 0.1) is 11.7 Å². The van der Waals surface area contributed by atoms with Gasteiger partial charge in [0, 0.05) is 19.1 Å². The van der Waals surface area contributed by atoms with E-state index in [1.807, 2.05) is 11.8 Å². The third-order valence-corrected chi connectivity index (χ3v) is 3.45. The maximum absolute atomic E-state index is 14.1. The zero-order chi connectivity index (χ0) is 12.4. The van der Waals surface area contributed by atoms with Gasteiger partial charge in [0.1, 0.15) is 6.33 Å². The molecule has 2 atom stereocenters. The molecule has 0 bridgehead atoms. The Hall–Kier alpha value is -1.23. The van der Waals surface area contributed by atoms with Crippen LogP contribution < -0.4 is 10.6 Å². The standard InChI is InChI=1S/C12H19FN4/c1-3-10-11(13)12(16-7-15-10)17-5-4-9(14)8(2)6-17/h7-9H,3-6,14H2,1-2H3. The highest BCUT2D eigenvalue weighted by Gasteiger charge is 2.26. The first-order valence-electron chi connectivity index (χ1n) is 6.13. The van der Waals surface area contributed by atoms with Crippen molar-refractivity contribution in [3.05, 3.63) is 17.8 Å². The number of aromatic nitrogens is 2. The van der Waals surface area contributed by atoms with Gasteiger partial charge in [-0.05, 0) is 18.8 Å². The molecule has 2 N–H and O–H groups in total. The molecule has 2 unspecified atom stereocenters. The Morgan fingerprint density at radius 3 is 2.94 bits per heavy atom. The van der Waals surface area contributed by atoms with Crippen molar-refractivity contribution in [2.24, 2.45) is 11.7 Å². The summed E-state index contributed by atoms with van der Waals surface area (Å²) in [5.41, 5.74) is 6.44. The molecule has 0 aromatic carbocycles. The van der Waals surface area contributed by atoms with Gasteiger partial charge in [-0.2, -0.15) is 0 Å².